The summed E-state index contributed by atoms with van der Waals surface area (Å²) in [6, 6.07) is 10.4. The van der Waals surface area contributed by atoms with Crippen molar-refractivity contribution in [3.63, 3.8) is 0 Å². The highest BCUT2D eigenvalue weighted by Gasteiger charge is 2.46. The number of benzene rings is 2. The molecular formula is C31H40N2O6. The summed E-state index contributed by atoms with van der Waals surface area (Å²) < 4.78 is 17.1. The number of Topliss-reactive ketones (excluding diaryl/α,β-unsaturated/α-hetero) is 1. The van der Waals surface area contributed by atoms with Gasteiger partial charge in [-0.15, -0.1) is 0 Å². The molecule has 1 N–H and O–H groups in total. The number of carbonyl (C=O) groups excluding carboxylic acids is 2. The molecule has 8 heteroatoms. The monoisotopic (exact) mass is 536 g/mol. The maximum atomic E-state index is 13.5. The number of aryl methyl sites for hydroxylation is 2. The number of nitrogens with zero attached hydrogens (tertiary/aromatic N) is 2. The molecule has 0 aromatic heterocycles. The van der Waals surface area contributed by atoms with E-state index in [9.17, 15) is 14.7 Å². The van der Waals surface area contributed by atoms with Crippen LogP contribution in [0.15, 0.2) is 42.0 Å². The molecule has 2 saturated heterocycles. The number of likely N-dealkylation sites (tertiary alicyclic amines) is 1. The number of morpholine rings is 1. The first-order valence-corrected chi connectivity index (χ1v) is 13.7. The average Bonchev–Trinajstić information content (AvgIpc) is 3.18. The summed E-state index contributed by atoms with van der Waals surface area (Å²) in [6.45, 7) is 12.4. The summed E-state index contributed by atoms with van der Waals surface area (Å²) in [5.41, 5.74) is 3.08. The summed E-state index contributed by atoms with van der Waals surface area (Å²) >= 11 is 0. The largest absolute Gasteiger partial charge is 0.507 e. The Balaban J connectivity index is 1.76. The van der Waals surface area contributed by atoms with Crippen LogP contribution in [-0.2, 0) is 14.3 Å². The van der Waals surface area contributed by atoms with Crippen LogP contribution >= 0.6 is 0 Å². The van der Waals surface area contributed by atoms with Gasteiger partial charge in [0.25, 0.3) is 11.7 Å². The van der Waals surface area contributed by atoms with Crippen molar-refractivity contribution >= 4 is 17.4 Å². The molecule has 0 saturated carbocycles. The van der Waals surface area contributed by atoms with E-state index in [1.165, 1.54) is 0 Å². The minimum atomic E-state index is -0.760. The van der Waals surface area contributed by atoms with Crippen molar-refractivity contribution < 1.29 is 28.9 Å². The number of carbonyl (C=O) groups is 2. The van der Waals surface area contributed by atoms with Gasteiger partial charge in [-0.05, 0) is 55.5 Å². The van der Waals surface area contributed by atoms with Crippen LogP contribution in [0.4, 0.5) is 0 Å². The highest BCUT2D eigenvalue weighted by atomic mass is 16.5. The van der Waals surface area contributed by atoms with Gasteiger partial charge in [0, 0.05) is 31.7 Å². The molecule has 2 fully saturated rings. The van der Waals surface area contributed by atoms with Gasteiger partial charge in [0.15, 0.2) is 11.5 Å². The number of ether oxygens (including phenoxy) is 3. The molecule has 1 unspecified atom stereocenters. The van der Waals surface area contributed by atoms with E-state index in [0.717, 1.165) is 30.6 Å². The third kappa shape index (κ3) is 6.45. The van der Waals surface area contributed by atoms with E-state index in [-0.39, 0.29) is 11.3 Å². The maximum absolute atomic E-state index is 13.5. The topological polar surface area (TPSA) is 88.5 Å². The molecule has 8 nitrogen and oxygen atoms in total. The molecule has 4 rings (SSSR count). The fourth-order valence-electron chi connectivity index (χ4n) is 5.05. The average molecular weight is 537 g/mol. The molecule has 2 aliphatic rings. The van der Waals surface area contributed by atoms with Crippen molar-refractivity contribution in [3.05, 3.63) is 64.2 Å². The Bertz CT molecular complexity index is 1230. The Morgan fingerprint density at radius 2 is 1.79 bits per heavy atom. The third-order valence-electron chi connectivity index (χ3n) is 7.41. The first-order valence-electron chi connectivity index (χ1n) is 13.7. The minimum Gasteiger partial charge on any atom is -0.507 e. The first kappa shape index (κ1) is 28.6. The van der Waals surface area contributed by atoms with Crippen LogP contribution in [0, 0.1) is 19.8 Å². The number of aliphatic hydroxyl groups is 1. The summed E-state index contributed by atoms with van der Waals surface area (Å²) in [6.07, 6.45) is 0.905. The molecular weight excluding hydrogens is 496 g/mol. The molecule has 0 aliphatic carbocycles. The van der Waals surface area contributed by atoms with Crippen molar-refractivity contribution in [2.24, 2.45) is 5.92 Å². The predicted molar refractivity (Wildman–Crippen MR) is 150 cm³/mol. The van der Waals surface area contributed by atoms with Gasteiger partial charge in [-0.25, -0.2) is 0 Å². The number of ketones is 1. The van der Waals surface area contributed by atoms with E-state index in [4.69, 9.17) is 14.2 Å². The molecule has 2 aromatic rings. The van der Waals surface area contributed by atoms with Crippen LogP contribution < -0.4 is 9.47 Å². The zero-order chi connectivity index (χ0) is 28.1. The van der Waals surface area contributed by atoms with Crippen molar-refractivity contribution in [1.29, 1.82) is 0 Å². The number of methoxy groups -OCH3 is 1. The Hall–Kier alpha value is -3.36. The molecule has 2 aromatic carbocycles. The van der Waals surface area contributed by atoms with Crippen LogP contribution in [0.5, 0.6) is 11.5 Å². The lowest BCUT2D eigenvalue weighted by Gasteiger charge is -2.31. The van der Waals surface area contributed by atoms with Gasteiger partial charge >= 0.3 is 0 Å². The fraction of sp³-hybridized carbons (Fsp3) is 0.484. The Morgan fingerprint density at radius 3 is 2.49 bits per heavy atom. The fourth-order valence-corrected chi connectivity index (χ4v) is 5.05. The molecule has 1 atom stereocenters. The number of aliphatic hydroxyl groups excluding tert-OH is 1. The zero-order valence-electron chi connectivity index (χ0n) is 23.7. The molecule has 210 valence electrons. The van der Waals surface area contributed by atoms with Crippen LogP contribution in [0.1, 0.15) is 48.6 Å². The van der Waals surface area contributed by atoms with Crippen molar-refractivity contribution in [1.82, 2.24) is 9.80 Å². The van der Waals surface area contributed by atoms with E-state index in [2.05, 4.69) is 18.7 Å². The highest BCUT2D eigenvalue weighted by Crippen LogP contribution is 2.42. The van der Waals surface area contributed by atoms with Gasteiger partial charge in [0.05, 0.1) is 38.5 Å². The van der Waals surface area contributed by atoms with Gasteiger partial charge in [-0.2, -0.15) is 0 Å². The second-order valence-electron chi connectivity index (χ2n) is 10.7. The second-order valence-corrected chi connectivity index (χ2v) is 10.7. The van der Waals surface area contributed by atoms with Gasteiger partial charge in [0.2, 0.25) is 0 Å². The smallest absolute Gasteiger partial charge is 0.295 e. The quantitative estimate of drug-likeness (QED) is 0.272. The predicted octanol–water partition coefficient (Wildman–Crippen LogP) is 4.49. The van der Waals surface area contributed by atoms with E-state index >= 15 is 0 Å². The van der Waals surface area contributed by atoms with Gasteiger partial charge in [0.1, 0.15) is 5.76 Å². The Labute approximate surface area is 231 Å². The normalized spacial score (nSPS) is 19.6. The molecule has 0 radical (unpaired) electrons. The van der Waals surface area contributed by atoms with E-state index < -0.39 is 17.7 Å². The SMILES string of the molecule is COc1cc(C2/C(=C(\O)c3cc(C)ccc3C)C(=O)C(=O)N2CCN2CCOCC2)ccc1OCCC(C)C. The summed E-state index contributed by atoms with van der Waals surface area (Å²) in [7, 11) is 1.57. The molecule has 39 heavy (non-hydrogen) atoms. The lowest BCUT2D eigenvalue weighted by atomic mass is 9.93. The van der Waals surface area contributed by atoms with Crippen molar-refractivity contribution in [2.45, 2.75) is 40.2 Å². The van der Waals surface area contributed by atoms with Crippen LogP contribution in [0.2, 0.25) is 0 Å². The van der Waals surface area contributed by atoms with Crippen molar-refractivity contribution in [2.75, 3.05) is 53.1 Å². The zero-order valence-corrected chi connectivity index (χ0v) is 23.7. The standard InChI is InChI=1S/C31H40N2O6/c1-20(2)10-15-39-25-9-8-23(19-26(25)37-5)28-27(29(34)24-18-21(3)6-7-22(24)4)30(35)31(36)33(28)12-11-32-13-16-38-17-14-32/h6-9,18-20,28,34H,10-17H2,1-5H3/b29-27+. The summed E-state index contributed by atoms with van der Waals surface area (Å²) in [5.74, 6) is 0.160. The molecule has 2 heterocycles. The minimum absolute atomic E-state index is 0.0891. The van der Waals surface area contributed by atoms with Gasteiger partial charge in [-0.3, -0.25) is 14.5 Å². The lowest BCUT2D eigenvalue weighted by molar-refractivity contribution is -0.140. The highest BCUT2D eigenvalue weighted by molar-refractivity contribution is 6.46. The maximum Gasteiger partial charge on any atom is 0.295 e. The lowest BCUT2D eigenvalue weighted by Crippen LogP contribution is -2.42. The third-order valence-corrected chi connectivity index (χ3v) is 7.41. The second kappa shape index (κ2) is 12.7. The molecule has 2 aliphatic heterocycles. The summed E-state index contributed by atoms with van der Waals surface area (Å²) in [5, 5.41) is 11.5. The van der Waals surface area contributed by atoms with Crippen LogP contribution in [0.25, 0.3) is 5.76 Å². The number of rotatable bonds is 10. The number of hydrogen-bond acceptors (Lipinski definition) is 7. The van der Waals surface area contributed by atoms with E-state index in [0.29, 0.717) is 61.5 Å². The van der Waals surface area contributed by atoms with E-state index in [1.54, 1.807) is 18.1 Å². The van der Waals surface area contributed by atoms with Crippen LogP contribution in [0.3, 0.4) is 0 Å². The Kier molecular flexibility index (Phi) is 9.30. The summed E-state index contributed by atoms with van der Waals surface area (Å²) in [4.78, 5) is 30.7. The first-order chi connectivity index (χ1) is 18.7. The van der Waals surface area contributed by atoms with Crippen LogP contribution in [-0.4, -0.2) is 79.7 Å². The van der Waals surface area contributed by atoms with Gasteiger partial charge in [-0.1, -0.05) is 37.6 Å². The van der Waals surface area contributed by atoms with E-state index in [1.807, 2.05) is 44.2 Å². The van der Waals surface area contributed by atoms with Gasteiger partial charge < -0.3 is 24.2 Å². The Morgan fingerprint density at radius 1 is 1.05 bits per heavy atom. The number of hydrogen-bond donors (Lipinski definition) is 1. The molecule has 0 spiro atoms. The van der Waals surface area contributed by atoms with Crippen molar-refractivity contribution in [3.8, 4) is 11.5 Å². The molecule has 1 amide bonds. The number of amides is 1. The molecule has 0 bridgehead atoms.